The van der Waals surface area contributed by atoms with E-state index >= 15 is 0 Å². The molecule has 0 saturated carbocycles. The van der Waals surface area contributed by atoms with Crippen LogP contribution in [-0.4, -0.2) is 16.9 Å². The lowest BCUT2D eigenvalue weighted by Crippen LogP contribution is -2.39. The number of hydrogen-bond donors (Lipinski definition) is 2. The average Bonchev–Trinajstić information content (AvgIpc) is 2.28. The first-order valence-corrected chi connectivity index (χ1v) is 5.49. The molecule has 1 rings (SSSR count). The summed E-state index contributed by atoms with van der Waals surface area (Å²) >= 11 is 0. The van der Waals surface area contributed by atoms with Crippen molar-refractivity contribution >= 4 is 5.91 Å². The molecule has 0 aliphatic rings. The molecule has 0 saturated heterocycles. The second kappa shape index (κ2) is 5.61. The van der Waals surface area contributed by atoms with Crippen LogP contribution in [0.5, 0.6) is 0 Å². The van der Waals surface area contributed by atoms with E-state index in [1.54, 1.807) is 6.20 Å². The number of nitrogens with two attached hydrogens (primary N) is 1. The predicted octanol–water partition coefficient (Wildman–Crippen LogP) is 1.24. The minimum Gasteiger partial charge on any atom is -0.348 e. The van der Waals surface area contributed by atoms with Gasteiger partial charge in [0.25, 0.3) is 0 Å². The van der Waals surface area contributed by atoms with Gasteiger partial charge in [-0.3, -0.25) is 9.78 Å². The zero-order valence-corrected chi connectivity index (χ0v) is 9.97. The lowest BCUT2D eigenvalue weighted by atomic mass is 10.0. The molecular weight excluding hydrogens is 202 g/mol. The number of rotatable bonds is 4. The maximum atomic E-state index is 11.7. The minimum atomic E-state index is -0.189. The molecule has 4 nitrogen and oxygen atoms in total. The topological polar surface area (TPSA) is 68.0 Å². The fraction of sp³-hybridized carbons (Fsp3) is 0.500. The highest BCUT2D eigenvalue weighted by Gasteiger charge is 2.19. The molecule has 3 atom stereocenters. The van der Waals surface area contributed by atoms with E-state index in [0.29, 0.717) is 0 Å². The van der Waals surface area contributed by atoms with E-state index in [0.717, 1.165) is 5.69 Å². The van der Waals surface area contributed by atoms with Crippen LogP contribution in [0, 0.1) is 5.92 Å². The molecule has 0 fully saturated rings. The van der Waals surface area contributed by atoms with Gasteiger partial charge in [0.1, 0.15) is 0 Å². The van der Waals surface area contributed by atoms with Crippen molar-refractivity contribution in [1.82, 2.24) is 10.3 Å². The molecule has 4 heteroatoms. The van der Waals surface area contributed by atoms with Crippen LogP contribution in [0.2, 0.25) is 0 Å². The van der Waals surface area contributed by atoms with Crippen molar-refractivity contribution in [3.05, 3.63) is 30.1 Å². The minimum absolute atomic E-state index is 0.0341. The Morgan fingerprint density at radius 2 is 2.06 bits per heavy atom. The predicted molar refractivity (Wildman–Crippen MR) is 63.6 cm³/mol. The normalized spacial score (nSPS) is 16.2. The molecule has 1 aromatic rings. The van der Waals surface area contributed by atoms with Crippen LogP contribution in [0.3, 0.4) is 0 Å². The number of amides is 1. The highest BCUT2D eigenvalue weighted by Crippen LogP contribution is 2.10. The SMILES string of the molecule is CC(N)C(C)C(=O)N[C@H](C)c1ccccn1. The van der Waals surface area contributed by atoms with Gasteiger partial charge in [-0.2, -0.15) is 0 Å². The molecule has 1 aromatic heterocycles. The van der Waals surface area contributed by atoms with Gasteiger partial charge in [0, 0.05) is 18.2 Å². The third-order valence-corrected chi connectivity index (χ3v) is 2.69. The van der Waals surface area contributed by atoms with Gasteiger partial charge >= 0.3 is 0 Å². The van der Waals surface area contributed by atoms with Crippen molar-refractivity contribution in [2.24, 2.45) is 11.7 Å². The third-order valence-electron chi connectivity index (χ3n) is 2.69. The fourth-order valence-corrected chi connectivity index (χ4v) is 1.29. The summed E-state index contributed by atoms with van der Waals surface area (Å²) in [6.45, 7) is 5.56. The maximum Gasteiger partial charge on any atom is 0.224 e. The Morgan fingerprint density at radius 1 is 1.38 bits per heavy atom. The average molecular weight is 221 g/mol. The van der Waals surface area contributed by atoms with Crippen LogP contribution < -0.4 is 11.1 Å². The first-order chi connectivity index (χ1) is 7.52. The largest absolute Gasteiger partial charge is 0.348 e. The summed E-state index contributed by atoms with van der Waals surface area (Å²) < 4.78 is 0. The summed E-state index contributed by atoms with van der Waals surface area (Å²) in [6, 6.07) is 5.41. The Labute approximate surface area is 96.3 Å². The highest BCUT2D eigenvalue weighted by atomic mass is 16.1. The van der Waals surface area contributed by atoms with Crippen molar-refractivity contribution in [2.45, 2.75) is 32.9 Å². The van der Waals surface area contributed by atoms with E-state index < -0.39 is 0 Å². The van der Waals surface area contributed by atoms with Crippen molar-refractivity contribution in [3.63, 3.8) is 0 Å². The maximum absolute atomic E-state index is 11.7. The summed E-state index contributed by atoms with van der Waals surface area (Å²) in [4.78, 5) is 15.9. The van der Waals surface area contributed by atoms with Gasteiger partial charge in [-0.15, -0.1) is 0 Å². The number of nitrogens with one attached hydrogen (secondary N) is 1. The zero-order chi connectivity index (χ0) is 12.1. The number of carbonyl (C=O) groups excluding carboxylic acids is 1. The molecule has 0 radical (unpaired) electrons. The molecule has 16 heavy (non-hydrogen) atoms. The summed E-state index contributed by atoms with van der Waals surface area (Å²) in [6.07, 6.45) is 1.72. The van der Waals surface area contributed by atoms with Gasteiger partial charge in [0.2, 0.25) is 5.91 Å². The highest BCUT2D eigenvalue weighted by molar-refractivity contribution is 5.79. The first kappa shape index (κ1) is 12.6. The summed E-state index contributed by atoms with van der Waals surface area (Å²) in [7, 11) is 0. The van der Waals surface area contributed by atoms with Gasteiger partial charge in [0.15, 0.2) is 0 Å². The lowest BCUT2D eigenvalue weighted by Gasteiger charge is -2.19. The molecule has 1 amide bonds. The van der Waals surface area contributed by atoms with Crippen LogP contribution >= 0.6 is 0 Å². The van der Waals surface area contributed by atoms with Gasteiger partial charge in [-0.25, -0.2) is 0 Å². The Morgan fingerprint density at radius 3 is 2.56 bits per heavy atom. The van der Waals surface area contributed by atoms with Crippen molar-refractivity contribution in [1.29, 1.82) is 0 Å². The number of hydrogen-bond acceptors (Lipinski definition) is 3. The van der Waals surface area contributed by atoms with Crippen LogP contribution in [0.25, 0.3) is 0 Å². The molecule has 0 aliphatic heterocycles. The number of aromatic nitrogens is 1. The Bertz CT molecular complexity index is 337. The van der Waals surface area contributed by atoms with Gasteiger partial charge in [-0.05, 0) is 26.0 Å². The lowest BCUT2D eigenvalue weighted by molar-refractivity contribution is -0.125. The Hall–Kier alpha value is -1.42. The van der Waals surface area contributed by atoms with Crippen molar-refractivity contribution in [2.75, 3.05) is 0 Å². The molecule has 0 bridgehead atoms. The second-order valence-electron chi connectivity index (χ2n) is 4.13. The second-order valence-corrected chi connectivity index (χ2v) is 4.13. The number of pyridine rings is 1. The van der Waals surface area contributed by atoms with Gasteiger partial charge in [0.05, 0.1) is 11.7 Å². The van der Waals surface area contributed by atoms with Gasteiger partial charge < -0.3 is 11.1 Å². The summed E-state index contributed by atoms with van der Waals surface area (Å²) in [5.41, 5.74) is 6.53. The fourth-order valence-electron chi connectivity index (χ4n) is 1.29. The van der Waals surface area contributed by atoms with E-state index in [4.69, 9.17) is 5.73 Å². The van der Waals surface area contributed by atoms with E-state index in [-0.39, 0.29) is 23.9 Å². The first-order valence-electron chi connectivity index (χ1n) is 5.49. The van der Waals surface area contributed by atoms with E-state index in [2.05, 4.69) is 10.3 Å². The monoisotopic (exact) mass is 221 g/mol. The molecule has 88 valence electrons. The molecule has 1 heterocycles. The zero-order valence-electron chi connectivity index (χ0n) is 9.97. The van der Waals surface area contributed by atoms with Crippen LogP contribution in [0.1, 0.15) is 32.5 Å². The standard InChI is InChI=1S/C12H19N3O/c1-8(9(2)13)12(16)15-10(3)11-6-4-5-7-14-11/h4-10H,13H2,1-3H3,(H,15,16)/t8?,9?,10-/m1/s1. The molecule has 0 spiro atoms. The molecular formula is C12H19N3O. The Balaban J connectivity index is 2.58. The van der Waals surface area contributed by atoms with Crippen LogP contribution in [-0.2, 0) is 4.79 Å². The Kier molecular flexibility index (Phi) is 4.43. The van der Waals surface area contributed by atoms with E-state index in [9.17, 15) is 4.79 Å². The summed E-state index contributed by atoms with van der Waals surface area (Å²) in [5, 5.41) is 2.90. The van der Waals surface area contributed by atoms with Crippen LogP contribution in [0.4, 0.5) is 0 Å². The number of nitrogens with zero attached hydrogens (tertiary/aromatic N) is 1. The van der Waals surface area contributed by atoms with E-state index in [1.807, 2.05) is 39.0 Å². The quantitative estimate of drug-likeness (QED) is 0.803. The smallest absolute Gasteiger partial charge is 0.224 e. The molecule has 2 unspecified atom stereocenters. The van der Waals surface area contributed by atoms with Crippen molar-refractivity contribution in [3.8, 4) is 0 Å². The third kappa shape index (κ3) is 3.31. The number of carbonyl (C=O) groups is 1. The van der Waals surface area contributed by atoms with Crippen LogP contribution in [0.15, 0.2) is 24.4 Å². The molecule has 0 aromatic carbocycles. The van der Waals surface area contributed by atoms with E-state index in [1.165, 1.54) is 0 Å². The summed E-state index contributed by atoms with van der Waals surface area (Å²) in [5.74, 6) is -0.223. The van der Waals surface area contributed by atoms with Gasteiger partial charge in [-0.1, -0.05) is 13.0 Å². The molecule has 0 aliphatic carbocycles. The molecule has 3 N–H and O–H groups in total. The van der Waals surface area contributed by atoms with Crippen molar-refractivity contribution < 1.29 is 4.79 Å².